The maximum atomic E-state index is 13.8. The number of amides is 1. The largest absolute Gasteiger partial charge is 0.465 e. The fourth-order valence-corrected chi connectivity index (χ4v) is 4.25. The Morgan fingerprint density at radius 1 is 1.37 bits per heavy atom. The number of benzene rings is 1. The molecule has 2 saturated heterocycles. The molecule has 8 heteroatoms. The molecule has 2 heterocycles. The summed E-state index contributed by atoms with van der Waals surface area (Å²) < 4.78 is 20.2. The molecule has 0 aromatic heterocycles. The van der Waals surface area contributed by atoms with Crippen molar-refractivity contribution in [1.29, 1.82) is 5.26 Å². The quantitative estimate of drug-likeness (QED) is 0.787. The highest BCUT2D eigenvalue weighted by molar-refractivity contribution is 6.32. The molecule has 0 spiro atoms. The van der Waals surface area contributed by atoms with Crippen LogP contribution >= 0.6 is 11.6 Å². The van der Waals surface area contributed by atoms with Gasteiger partial charge in [-0.1, -0.05) is 38.4 Å². The molecule has 0 radical (unpaired) electrons. The van der Waals surface area contributed by atoms with Crippen LogP contribution in [-0.2, 0) is 4.74 Å². The number of hydrogen-bond donors (Lipinski definition) is 1. The number of fused-ring (bicyclic) bond motifs is 1. The van der Waals surface area contributed by atoms with Crippen molar-refractivity contribution in [3.63, 3.8) is 0 Å². The Labute approximate surface area is 163 Å². The molecule has 0 bridgehead atoms. The summed E-state index contributed by atoms with van der Waals surface area (Å²) in [5.74, 6) is -0.651. The lowest BCUT2D eigenvalue weighted by Gasteiger charge is -2.53. The lowest BCUT2D eigenvalue weighted by Crippen LogP contribution is -2.65. The maximum absolute atomic E-state index is 13.8. The van der Waals surface area contributed by atoms with Crippen LogP contribution in [0.5, 0.6) is 0 Å². The third kappa shape index (κ3) is 3.75. The van der Waals surface area contributed by atoms with Crippen LogP contribution in [0, 0.1) is 22.6 Å². The van der Waals surface area contributed by atoms with Gasteiger partial charge in [0, 0.05) is 31.7 Å². The summed E-state index contributed by atoms with van der Waals surface area (Å²) in [6.07, 6.45) is -1.59. The normalized spacial score (nSPS) is 26.4. The molecule has 0 aliphatic carbocycles. The van der Waals surface area contributed by atoms with E-state index in [4.69, 9.17) is 16.3 Å². The number of ether oxygens (including phenoxy) is 1. The molecular formula is C19H23ClFN3O3. The van der Waals surface area contributed by atoms with E-state index in [0.717, 1.165) is 0 Å². The summed E-state index contributed by atoms with van der Waals surface area (Å²) in [5.41, 5.74) is 0.166. The predicted octanol–water partition coefficient (Wildman–Crippen LogP) is 3.50. The number of nitrogens with zero attached hydrogens (tertiary/aromatic N) is 3. The molecule has 1 unspecified atom stereocenters. The van der Waals surface area contributed by atoms with Gasteiger partial charge in [0.15, 0.2) is 0 Å². The van der Waals surface area contributed by atoms with E-state index >= 15 is 0 Å². The Morgan fingerprint density at radius 3 is 2.67 bits per heavy atom. The van der Waals surface area contributed by atoms with Gasteiger partial charge >= 0.3 is 6.09 Å². The van der Waals surface area contributed by atoms with Crippen LogP contribution in [0.25, 0.3) is 0 Å². The van der Waals surface area contributed by atoms with E-state index in [1.54, 1.807) is 6.07 Å². The van der Waals surface area contributed by atoms with E-state index in [9.17, 15) is 19.6 Å². The molecule has 3 rings (SSSR count). The second-order valence-electron chi connectivity index (χ2n) is 8.14. The third-order valence-electron chi connectivity index (χ3n) is 5.30. The lowest BCUT2D eigenvalue weighted by molar-refractivity contribution is -0.173. The minimum atomic E-state index is -0.926. The zero-order valence-electron chi connectivity index (χ0n) is 15.6. The molecular weight excluding hydrogens is 373 g/mol. The highest BCUT2D eigenvalue weighted by Crippen LogP contribution is 2.40. The van der Waals surface area contributed by atoms with Gasteiger partial charge in [0.25, 0.3) is 0 Å². The van der Waals surface area contributed by atoms with E-state index in [0.29, 0.717) is 31.7 Å². The van der Waals surface area contributed by atoms with Crippen molar-refractivity contribution >= 4 is 17.7 Å². The molecule has 2 aliphatic heterocycles. The van der Waals surface area contributed by atoms with Gasteiger partial charge in [-0.05, 0) is 11.5 Å². The summed E-state index contributed by atoms with van der Waals surface area (Å²) in [4.78, 5) is 15.0. The van der Waals surface area contributed by atoms with Crippen LogP contribution in [0.2, 0.25) is 5.02 Å². The van der Waals surface area contributed by atoms with Gasteiger partial charge in [-0.3, -0.25) is 4.90 Å². The number of carbonyl (C=O) groups is 1. The standard InChI is InChI=1S/C19H23ClFN3O3/c1-19(2,3)17-14-9-24(18(25)26)7-6-23(14)10-15(27-17)11-4-5-13(21)12(8-22)16(11)20/h4-5,14-15,17H,6-7,9-10H2,1-3H3,(H,25,26)/t14-,15-,17?/m1/s1. The van der Waals surface area contributed by atoms with Crippen LogP contribution in [-0.4, -0.2) is 59.3 Å². The summed E-state index contributed by atoms with van der Waals surface area (Å²) in [6, 6.07) is 4.55. The summed E-state index contributed by atoms with van der Waals surface area (Å²) in [5, 5.41) is 18.6. The molecule has 3 atom stereocenters. The van der Waals surface area contributed by atoms with Crippen molar-refractivity contribution in [2.45, 2.75) is 39.0 Å². The van der Waals surface area contributed by atoms with Gasteiger partial charge in [-0.25, -0.2) is 9.18 Å². The lowest BCUT2D eigenvalue weighted by atomic mass is 9.81. The summed E-state index contributed by atoms with van der Waals surface area (Å²) in [7, 11) is 0. The Kier molecular flexibility index (Phi) is 5.35. The molecule has 146 valence electrons. The van der Waals surface area contributed by atoms with Crippen molar-refractivity contribution in [2.75, 3.05) is 26.2 Å². The monoisotopic (exact) mass is 395 g/mol. The Bertz CT molecular complexity index is 790. The van der Waals surface area contributed by atoms with E-state index < -0.39 is 18.0 Å². The molecule has 1 aromatic rings. The average Bonchev–Trinajstić information content (AvgIpc) is 2.60. The molecule has 1 aromatic carbocycles. The predicted molar refractivity (Wildman–Crippen MR) is 98.2 cm³/mol. The van der Waals surface area contributed by atoms with E-state index in [2.05, 4.69) is 4.90 Å². The van der Waals surface area contributed by atoms with Crippen LogP contribution in [0.4, 0.5) is 9.18 Å². The first-order chi connectivity index (χ1) is 12.6. The van der Waals surface area contributed by atoms with Gasteiger partial charge in [0.2, 0.25) is 0 Å². The number of halogens is 2. The van der Waals surface area contributed by atoms with Gasteiger partial charge in [-0.2, -0.15) is 5.26 Å². The number of hydrogen-bond acceptors (Lipinski definition) is 4. The van der Waals surface area contributed by atoms with Crippen LogP contribution < -0.4 is 0 Å². The maximum Gasteiger partial charge on any atom is 0.407 e. The van der Waals surface area contributed by atoms with Crippen molar-refractivity contribution < 1.29 is 19.0 Å². The van der Waals surface area contributed by atoms with Gasteiger partial charge in [0.1, 0.15) is 17.4 Å². The SMILES string of the molecule is CC(C)(C)C1O[C@@H](c2ccc(F)c(C#N)c2Cl)CN2CCN(C(=O)O)C[C@H]12. The third-order valence-corrected chi connectivity index (χ3v) is 5.71. The second kappa shape index (κ2) is 7.27. The Balaban J connectivity index is 1.94. The first-order valence-electron chi connectivity index (χ1n) is 8.89. The van der Waals surface area contributed by atoms with Crippen molar-refractivity contribution in [3.8, 4) is 6.07 Å². The summed E-state index contributed by atoms with van der Waals surface area (Å²) >= 11 is 6.30. The van der Waals surface area contributed by atoms with E-state index in [1.807, 2.05) is 26.8 Å². The number of rotatable bonds is 1. The van der Waals surface area contributed by atoms with Crippen molar-refractivity contribution in [1.82, 2.24) is 9.80 Å². The van der Waals surface area contributed by atoms with E-state index in [1.165, 1.54) is 11.0 Å². The minimum Gasteiger partial charge on any atom is -0.465 e. The fourth-order valence-electron chi connectivity index (χ4n) is 3.93. The Morgan fingerprint density at radius 2 is 2.07 bits per heavy atom. The van der Waals surface area contributed by atoms with Crippen LogP contribution in [0.15, 0.2) is 12.1 Å². The number of morpholine rings is 1. The molecule has 0 saturated carbocycles. The second-order valence-corrected chi connectivity index (χ2v) is 8.52. The van der Waals surface area contributed by atoms with Gasteiger partial charge in [-0.15, -0.1) is 0 Å². The smallest absolute Gasteiger partial charge is 0.407 e. The molecule has 6 nitrogen and oxygen atoms in total. The minimum absolute atomic E-state index is 0.0687. The Hall–Kier alpha value is -1.88. The highest BCUT2D eigenvalue weighted by atomic mass is 35.5. The fraction of sp³-hybridized carbons (Fsp3) is 0.579. The van der Waals surface area contributed by atoms with Crippen molar-refractivity contribution in [2.24, 2.45) is 5.41 Å². The van der Waals surface area contributed by atoms with E-state index in [-0.39, 0.29) is 28.1 Å². The first-order valence-corrected chi connectivity index (χ1v) is 9.26. The molecule has 1 N–H and O–H groups in total. The molecule has 2 aliphatic rings. The van der Waals surface area contributed by atoms with Gasteiger partial charge < -0.3 is 14.7 Å². The highest BCUT2D eigenvalue weighted by Gasteiger charge is 2.46. The zero-order valence-corrected chi connectivity index (χ0v) is 16.3. The molecule has 1 amide bonds. The number of piperazine rings is 1. The number of nitriles is 1. The molecule has 27 heavy (non-hydrogen) atoms. The number of carboxylic acid groups (broad SMARTS) is 1. The topological polar surface area (TPSA) is 76.8 Å². The average molecular weight is 396 g/mol. The zero-order chi connectivity index (χ0) is 19.9. The van der Waals surface area contributed by atoms with Crippen molar-refractivity contribution in [3.05, 3.63) is 34.1 Å². The summed E-state index contributed by atoms with van der Waals surface area (Å²) in [6.45, 7) is 8.05. The van der Waals surface area contributed by atoms with Gasteiger partial charge in [0.05, 0.1) is 23.3 Å². The molecule has 2 fully saturated rings. The van der Waals surface area contributed by atoms with Crippen LogP contribution in [0.3, 0.4) is 0 Å². The van der Waals surface area contributed by atoms with Crippen LogP contribution in [0.1, 0.15) is 38.0 Å². The first kappa shape index (κ1) is 19.9.